The Morgan fingerprint density at radius 2 is 2.08 bits per heavy atom. The predicted octanol–water partition coefficient (Wildman–Crippen LogP) is 4.49. The lowest BCUT2D eigenvalue weighted by Gasteiger charge is -2.30. The van der Waals surface area contributed by atoms with Gasteiger partial charge in [-0.05, 0) is 44.2 Å². The van der Waals surface area contributed by atoms with Crippen LogP contribution in [0.25, 0.3) is 0 Å². The lowest BCUT2D eigenvalue weighted by Crippen LogP contribution is -2.34. The molecule has 3 atom stereocenters. The molecular weight excluding hydrogens is 346 g/mol. The number of Topliss-reactive ketones (excluding diaryl/α,β-unsaturated/α-hetero) is 1. The molecule has 0 aliphatic heterocycles. The first-order valence-electron chi connectivity index (χ1n) is 9.58. The third-order valence-electron chi connectivity index (χ3n) is 4.57. The number of rotatable bonds is 9. The molecule has 0 bridgehead atoms. The van der Waals surface area contributed by atoms with E-state index < -0.39 is 6.10 Å². The molecule has 1 aromatic rings. The maximum Gasteiger partial charge on any atom is 0.163 e. The van der Waals surface area contributed by atoms with E-state index in [-0.39, 0.29) is 11.7 Å². The summed E-state index contributed by atoms with van der Waals surface area (Å²) in [6.07, 6.45) is 2.98. The van der Waals surface area contributed by atoms with E-state index in [0.717, 1.165) is 18.5 Å². The van der Waals surface area contributed by atoms with Gasteiger partial charge in [0, 0.05) is 27.8 Å². The Morgan fingerprint density at radius 3 is 2.69 bits per heavy atom. The van der Waals surface area contributed by atoms with Gasteiger partial charge >= 0.3 is 0 Å². The summed E-state index contributed by atoms with van der Waals surface area (Å²) < 4.78 is 0. The van der Waals surface area contributed by atoms with Gasteiger partial charge in [-0.2, -0.15) is 0 Å². The van der Waals surface area contributed by atoms with Crippen molar-refractivity contribution in [2.75, 3.05) is 6.61 Å². The predicted molar refractivity (Wildman–Crippen MR) is 107 cm³/mol. The molecule has 1 fully saturated rings. The van der Waals surface area contributed by atoms with Gasteiger partial charge in [-0.25, -0.2) is 0 Å². The van der Waals surface area contributed by atoms with Crippen LogP contribution in [0.1, 0.15) is 52.9 Å². The largest absolute Gasteiger partial charge is 0.388 e. The topological polar surface area (TPSA) is 58.6 Å². The highest BCUT2D eigenvalue weighted by Gasteiger charge is 2.33. The summed E-state index contributed by atoms with van der Waals surface area (Å²) >= 11 is 1.83. The SMILES string of the molecule is CCCC(NOCC)=C1C(=O)CC(CC(C)Sc2ccccc2)CC1O. The minimum Gasteiger partial charge on any atom is -0.388 e. The third kappa shape index (κ3) is 6.15. The molecule has 1 aliphatic carbocycles. The fourth-order valence-corrected chi connectivity index (χ4v) is 4.67. The maximum atomic E-state index is 12.7. The molecule has 2 N–H and O–H groups in total. The number of carbonyl (C=O) groups excluding carboxylic acids is 1. The van der Waals surface area contributed by atoms with E-state index in [9.17, 15) is 9.90 Å². The number of carbonyl (C=O) groups is 1. The van der Waals surface area contributed by atoms with Gasteiger partial charge in [0.05, 0.1) is 12.7 Å². The van der Waals surface area contributed by atoms with Crippen molar-refractivity contribution in [3.63, 3.8) is 0 Å². The van der Waals surface area contributed by atoms with Crippen molar-refractivity contribution in [1.29, 1.82) is 0 Å². The van der Waals surface area contributed by atoms with Gasteiger partial charge in [0.1, 0.15) is 0 Å². The van der Waals surface area contributed by atoms with Crippen LogP contribution in [-0.4, -0.2) is 28.9 Å². The van der Waals surface area contributed by atoms with Crippen LogP contribution in [0.4, 0.5) is 0 Å². The van der Waals surface area contributed by atoms with E-state index in [1.54, 1.807) is 0 Å². The Bertz CT molecular complexity index is 603. The number of nitrogens with one attached hydrogen (secondary N) is 1. The van der Waals surface area contributed by atoms with Crippen LogP contribution >= 0.6 is 11.8 Å². The summed E-state index contributed by atoms with van der Waals surface area (Å²) in [5.74, 6) is 0.281. The van der Waals surface area contributed by atoms with E-state index in [0.29, 0.717) is 36.7 Å². The third-order valence-corrected chi connectivity index (χ3v) is 5.71. The van der Waals surface area contributed by atoms with Crippen molar-refractivity contribution in [2.45, 2.75) is 69.1 Å². The van der Waals surface area contributed by atoms with Crippen LogP contribution in [0.15, 0.2) is 46.5 Å². The zero-order valence-electron chi connectivity index (χ0n) is 16.0. The van der Waals surface area contributed by atoms with Gasteiger partial charge < -0.3 is 5.11 Å². The monoisotopic (exact) mass is 377 g/mol. The van der Waals surface area contributed by atoms with E-state index in [4.69, 9.17) is 4.84 Å². The average Bonchev–Trinajstić information content (AvgIpc) is 2.59. The van der Waals surface area contributed by atoms with Crippen LogP contribution in [0, 0.1) is 5.92 Å². The molecule has 5 heteroatoms. The molecular formula is C21H31NO3S. The molecule has 3 unspecified atom stereocenters. The van der Waals surface area contributed by atoms with Crippen molar-refractivity contribution < 1.29 is 14.7 Å². The van der Waals surface area contributed by atoms with Gasteiger partial charge in [0.2, 0.25) is 0 Å². The number of benzene rings is 1. The van der Waals surface area contributed by atoms with Crippen molar-refractivity contribution in [2.24, 2.45) is 5.92 Å². The number of aliphatic hydroxyl groups is 1. The summed E-state index contributed by atoms with van der Waals surface area (Å²) in [7, 11) is 0. The minimum atomic E-state index is -0.704. The number of hydrogen-bond donors (Lipinski definition) is 2. The zero-order chi connectivity index (χ0) is 18.9. The Labute approximate surface area is 161 Å². The second-order valence-corrected chi connectivity index (χ2v) is 8.41. The molecule has 144 valence electrons. The van der Waals surface area contributed by atoms with Crippen molar-refractivity contribution in [3.05, 3.63) is 41.6 Å². The van der Waals surface area contributed by atoms with E-state index >= 15 is 0 Å². The Balaban J connectivity index is 1.99. The number of hydrogen-bond acceptors (Lipinski definition) is 5. The van der Waals surface area contributed by atoms with Crippen molar-refractivity contribution >= 4 is 17.5 Å². The Kier molecular flexibility index (Phi) is 8.69. The molecule has 26 heavy (non-hydrogen) atoms. The van der Waals surface area contributed by atoms with Gasteiger partial charge in [0.15, 0.2) is 5.78 Å². The molecule has 0 aromatic heterocycles. The van der Waals surface area contributed by atoms with E-state index in [1.807, 2.05) is 36.9 Å². The van der Waals surface area contributed by atoms with Gasteiger partial charge in [-0.3, -0.25) is 15.1 Å². The van der Waals surface area contributed by atoms with Crippen LogP contribution < -0.4 is 5.48 Å². The molecule has 0 heterocycles. The fourth-order valence-electron chi connectivity index (χ4n) is 3.52. The molecule has 0 saturated heterocycles. The normalized spacial score (nSPS) is 23.6. The van der Waals surface area contributed by atoms with Crippen LogP contribution in [0.2, 0.25) is 0 Å². The summed E-state index contributed by atoms with van der Waals surface area (Å²) in [5, 5.41) is 11.0. The lowest BCUT2D eigenvalue weighted by atomic mass is 9.79. The summed E-state index contributed by atoms with van der Waals surface area (Å²) in [4.78, 5) is 19.2. The summed E-state index contributed by atoms with van der Waals surface area (Å²) in [6, 6.07) is 10.3. The zero-order valence-corrected chi connectivity index (χ0v) is 16.8. The first kappa shape index (κ1) is 21.0. The molecule has 1 aromatic carbocycles. The number of hydroxylamine groups is 1. The number of allylic oxidation sites excluding steroid dienone is 1. The van der Waals surface area contributed by atoms with Crippen molar-refractivity contribution in [1.82, 2.24) is 5.48 Å². The molecule has 0 spiro atoms. The van der Waals surface area contributed by atoms with Crippen LogP contribution in [-0.2, 0) is 9.63 Å². The summed E-state index contributed by atoms with van der Waals surface area (Å²) in [6.45, 7) is 6.65. The standard InChI is InChI=1S/C21H31NO3S/c1-4-9-18(22-25-5-2)21-19(23)13-16(14-20(21)24)12-15(3)26-17-10-7-6-8-11-17/h6-8,10-11,15-16,19,22-23H,4-5,9,12-14H2,1-3H3. The van der Waals surface area contributed by atoms with E-state index in [1.165, 1.54) is 4.90 Å². The van der Waals surface area contributed by atoms with Crippen molar-refractivity contribution in [3.8, 4) is 0 Å². The molecule has 0 radical (unpaired) electrons. The highest BCUT2D eigenvalue weighted by molar-refractivity contribution is 7.99. The minimum absolute atomic E-state index is 0.0568. The first-order chi connectivity index (χ1) is 12.5. The summed E-state index contributed by atoms with van der Waals surface area (Å²) in [5.41, 5.74) is 4.16. The maximum absolute atomic E-state index is 12.7. The van der Waals surface area contributed by atoms with Gasteiger partial charge in [-0.1, -0.05) is 38.5 Å². The fraction of sp³-hybridized carbons (Fsp3) is 0.571. The highest BCUT2D eigenvalue weighted by atomic mass is 32.2. The highest BCUT2D eigenvalue weighted by Crippen LogP contribution is 2.35. The molecule has 0 amide bonds. The lowest BCUT2D eigenvalue weighted by molar-refractivity contribution is -0.119. The molecule has 1 aliphatic rings. The molecule has 1 saturated carbocycles. The van der Waals surface area contributed by atoms with Crippen LogP contribution in [0.3, 0.4) is 0 Å². The number of ketones is 1. The van der Waals surface area contributed by atoms with Crippen LogP contribution in [0.5, 0.6) is 0 Å². The van der Waals surface area contributed by atoms with Gasteiger partial charge in [0.25, 0.3) is 0 Å². The second kappa shape index (κ2) is 10.8. The first-order valence-corrected chi connectivity index (χ1v) is 10.5. The average molecular weight is 378 g/mol. The van der Waals surface area contributed by atoms with Gasteiger partial charge in [-0.15, -0.1) is 11.8 Å². The molecule has 2 rings (SSSR count). The quantitative estimate of drug-likeness (QED) is 0.377. The Hall–Kier alpha value is -1.30. The smallest absolute Gasteiger partial charge is 0.163 e. The number of thioether (sulfide) groups is 1. The van der Waals surface area contributed by atoms with E-state index in [2.05, 4.69) is 31.5 Å². The molecule has 4 nitrogen and oxygen atoms in total. The Morgan fingerprint density at radius 1 is 1.35 bits per heavy atom. The number of aliphatic hydroxyl groups excluding tert-OH is 1. The second-order valence-electron chi connectivity index (χ2n) is 6.90.